The van der Waals surface area contributed by atoms with Crippen molar-refractivity contribution in [1.82, 2.24) is 19.4 Å². The summed E-state index contributed by atoms with van der Waals surface area (Å²) in [6, 6.07) is 9.86. The normalized spacial score (nSPS) is 11.9. The van der Waals surface area contributed by atoms with Crippen LogP contribution in [0.15, 0.2) is 42.7 Å². The molecule has 0 aliphatic rings. The molecule has 0 radical (unpaired) electrons. The minimum Gasteiger partial charge on any atom is -0.437 e. The fourth-order valence-electron chi connectivity index (χ4n) is 3.23. The van der Waals surface area contributed by atoms with E-state index in [0.29, 0.717) is 11.8 Å². The summed E-state index contributed by atoms with van der Waals surface area (Å²) in [5, 5.41) is 4.47. The van der Waals surface area contributed by atoms with Crippen molar-refractivity contribution in [3.8, 4) is 11.6 Å². The van der Waals surface area contributed by atoms with E-state index in [0.717, 1.165) is 29.7 Å². The van der Waals surface area contributed by atoms with Gasteiger partial charge in [0, 0.05) is 44.0 Å². The van der Waals surface area contributed by atoms with Crippen molar-refractivity contribution in [1.29, 1.82) is 0 Å². The number of ether oxygens (including phenoxy) is 1. The standard InChI is InChI=1S/C20H27N5O/c1-20(2,14-24(3)4)13-22-19-21-11-9-17(23-19)26-16-8-6-7-15-10-12-25(5)18(15)16/h6-12H,13-14H2,1-5H3,(H,21,22,23). The van der Waals surface area contributed by atoms with Gasteiger partial charge in [0.25, 0.3) is 0 Å². The molecule has 3 rings (SSSR count). The van der Waals surface area contributed by atoms with Crippen LogP contribution in [0.3, 0.4) is 0 Å². The quantitative estimate of drug-likeness (QED) is 0.701. The number of benzene rings is 1. The number of rotatable bonds is 7. The first-order valence-corrected chi connectivity index (χ1v) is 8.78. The molecule has 0 amide bonds. The van der Waals surface area contributed by atoms with Gasteiger partial charge in [-0.05, 0) is 31.6 Å². The monoisotopic (exact) mass is 353 g/mol. The molecule has 138 valence electrons. The van der Waals surface area contributed by atoms with Gasteiger partial charge in [-0.3, -0.25) is 0 Å². The van der Waals surface area contributed by atoms with Crippen molar-refractivity contribution in [2.45, 2.75) is 13.8 Å². The molecular weight excluding hydrogens is 326 g/mol. The Morgan fingerprint density at radius 1 is 1.19 bits per heavy atom. The van der Waals surface area contributed by atoms with Crippen LogP contribution in [-0.4, -0.2) is 46.6 Å². The van der Waals surface area contributed by atoms with Crippen molar-refractivity contribution in [3.05, 3.63) is 42.7 Å². The maximum absolute atomic E-state index is 6.05. The van der Waals surface area contributed by atoms with E-state index < -0.39 is 0 Å². The van der Waals surface area contributed by atoms with Crippen LogP contribution in [0, 0.1) is 5.41 Å². The Balaban J connectivity index is 1.74. The Bertz CT molecular complexity index is 885. The predicted molar refractivity (Wildman–Crippen MR) is 106 cm³/mol. The largest absolute Gasteiger partial charge is 0.437 e. The highest BCUT2D eigenvalue weighted by Gasteiger charge is 2.19. The molecule has 0 saturated carbocycles. The van der Waals surface area contributed by atoms with E-state index in [9.17, 15) is 0 Å². The molecule has 0 aliphatic carbocycles. The third-order valence-electron chi connectivity index (χ3n) is 4.17. The van der Waals surface area contributed by atoms with Crippen molar-refractivity contribution >= 4 is 16.9 Å². The smallest absolute Gasteiger partial charge is 0.225 e. The van der Waals surface area contributed by atoms with Gasteiger partial charge in [0.05, 0.1) is 5.52 Å². The molecule has 6 heteroatoms. The Morgan fingerprint density at radius 2 is 2.00 bits per heavy atom. The summed E-state index contributed by atoms with van der Waals surface area (Å²) in [6.07, 6.45) is 3.74. The van der Waals surface area contributed by atoms with Gasteiger partial charge in [-0.1, -0.05) is 26.0 Å². The lowest BCUT2D eigenvalue weighted by Crippen LogP contribution is -2.34. The first-order chi connectivity index (χ1) is 12.3. The summed E-state index contributed by atoms with van der Waals surface area (Å²) in [4.78, 5) is 11.0. The number of fused-ring (bicyclic) bond motifs is 1. The Labute approximate surface area is 154 Å². The fraction of sp³-hybridized carbons (Fsp3) is 0.400. The molecular formula is C20H27N5O. The fourth-order valence-corrected chi connectivity index (χ4v) is 3.23. The van der Waals surface area contributed by atoms with Gasteiger partial charge in [0.2, 0.25) is 11.8 Å². The number of nitrogens with zero attached hydrogens (tertiary/aromatic N) is 4. The third-order valence-corrected chi connectivity index (χ3v) is 4.17. The highest BCUT2D eigenvalue weighted by molar-refractivity contribution is 5.86. The number of anilines is 1. The molecule has 0 atom stereocenters. The number of para-hydroxylation sites is 1. The number of hydrogen-bond donors (Lipinski definition) is 1. The highest BCUT2D eigenvalue weighted by Crippen LogP contribution is 2.29. The molecule has 3 aromatic rings. The summed E-state index contributed by atoms with van der Waals surface area (Å²) >= 11 is 0. The number of nitrogens with one attached hydrogen (secondary N) is 1. The minimum atomic E-state index is 0.109. The van der Waals surface area contributed by atoms with E-state index in [1.807, 2.05) is 25.4 Å². The molecule has 6 nitrogen and oxygen atoms in total. The summed E-state index contributed by atoms with van der Waals surface area (Å²) in [7, 11) is 6.17. The molecule has 0 spiro atoms. The molecule has 2 aromatic heterocycles. The van der Waals surface area contributed by atoms with Gasteiger partial charge in [-0.15, -0.1) is 0 Å². The van der Waals surface area contributed by atoms with E-state index in [1.165, 1.54) is 0 Å². The van der Waals surface area contributed by atoms with Crippen LogP contribution in [0.4, 0.5) is 5.95 Å². The van der Waals surface area contributed by atoms with Crippen molar-refractivity contribution in [2.24, 2.45) is 12.5 Å². The maximum Gasteiger partial charge on any atom is 0.225 e. The summed E-state index contributed by atoms with van der Waals surface area (Å²) in [5.41, 5.74) is 1.16. The van der Waals surface area contributed by atoms with E-state index in [4.69, 9.17) is 4.74 Å². The highest BCUT2D eigenvalue weighted by atomic mass is 16.5. The number of hydrogen-bond acceptors (Lipinski definition) is 5. The molecule has 1 aromatic carbocycles. The van der Waals surface area contributed by atoms with Gasteiger partial charge < -0.3 is 19.5 Å². The lowest BCUT2D eigenvalue weighted by molar-refractivity contribution is 0.254. The second-order valence-electron chi connectivity index (χ2n) is 7.70. The second kappa shape index (κ2) is 7.33. The van der Waals surface area contributed by atoms with Gasteiger partial charge in [0.15, 0.2) is 5.75 Å². The van der Waals surface area contributed by atoms with Crippen LogP contribution in [0.2, 0.25) is 0 Å². The first kappa shape index (κ1) is 18.2. The Morgan fingerprint density at radius 3 is 2.77 bits per heavy atom. The molecule has 26 heavy (non-hydrogen) atoms. The SMILES string of the molecule is CN(C)CC(C)(C)CNc1nccc(Oc2cccc3ccn(C)c23)n1. The average molecular weight is 353 g/mol. The number of aryl methyl sites for hydroxylation is 1. The predicted octanol–water partition coefficient (Wildman–Crippen LogP) is 3.76. The topological polar surface area (TPSA) is 55.2 Å². The Hall–Kier alpha value is -2.60. The van der Waals surface area contributed by atoms with Crippen LogP contribution in [0.25, 0.3) is 10.9 Å². The van der Waals surface area contributed by atoms with E-state index in [-0.39, 0.29) is 5.41 Å². The van der Waals surface area contributed by atoms with E-state index >= 15 is 0 Å². The Kier molecular flexibility index (Phi) is 5.13. The molecule has 0 saturated heterocycles. The zero-order valence-electron chi connectivity index (χ0n) is 16.2. The van der Waals surface area contributed by atoms with Crippen LogP contribution in [0.1, 0.15) is 13.8 Å². The van der Waals surface area contributed by atoms with Crippen molar-refractivity contribution in [3.63, 3.8) is 0 Å². The molecule has 0 aliphatic heterocycles. The van der Waals surface area contributed by atoms with Crippen LogP contribution in [-0.2, 0) is 7.05 Å². The summed E-state index contributed by atoms with van der Waals surface area (Å²) in [5.74, 6) is 1.89. The minimum absolute atomic E-state index is 0.109. The molecule has 1 N–H and O–H groups in total. The summed E-state index contributed by atoms with van der Waals surface area (Å²) in [6.45, 7) is 6.20. The zero-order valence-corrected chi connectivity index (χ0v) is 16.2. The van der Waals surface area contributed by atoms with Gasteiger partial charge in [-0.2, -0.15) is 4.98 Å². The molecule has 0 unspecified atom stereocenters. The average Bonchev–Trinajstić information content (AvgIpc) is 2.95. The van der Waals surface area contributed by atoms with Crippen LogP contribution >= 0.6 is 0 Å². The molecule has 2 heterocycles. The van der Waals surface area contributed by atoms with Crippen molar-refractivity contribution in [2.75, 3.05) is 32.5 Å². The third kappa shape index (κ3) is 4.32. The summed E-state index contributed by atoms with van der Waals surface area (Å²) < 4.78 is 8.10. The van der Waals surface area contributed by atoms with Crippen LogP contribution < -0.4 is 10.1 Å². The van der Waals surface area contributed by atoms with Crippen molar-refractivity contribution < 1.29 is 4.74 Å². The lowest BCUT2D eigenvalue weighted by Gasteiger charge is -2.28. The maximum atomic E-state index is 6.05. The van der Waals surface area contributed by atoms with Gasteiger partial charge in [0.1, 0.15) is 0 Å². The first-order valence-electron chi connectivity index (χ1n) is 8.78. The van der Waals surface area contributed by atoms with Gasteiger partial charge in [-0.25, -0.2) is 4.98 Å². The molecule has 0 fully saturated rings. The van der Waals surface area contributed by atoms with Gasteiger partial charge >= 0.3 is 0 Å². The zero-order chi connectivity index (χ0) is 18.7. The number of aromatic nitrogens is 3. The van der Waals surface area contributed by atoms with E-state index in [2.05, 4.69) is 64.8 Å². The lowest BCUT2D eigenvalue weighted by atomic mass is 9.93. The molecule has 0 bridgehead atoms. The second-order valence-corrected chi connectivity index (χ2v) is 7.70. The van der Waals surface area contributed by atoms with Crippen LogP contribution in [0.5, 0.6) is 11.6 Å². The van der Waals surface area contributed by atoms with E-state index in [1.54, 1.807) is 12.3 Å².